The van der Waals surface area contributed by atoms with Crippen LogP contribution in [0.4, 0.5) is 0 Å². The summed E-state index contributed by atoms with van der Waals surface area (Å²) >= 11 is 0. The van der Waals surface area contributed by atoms with Gasteiger partial charge in [-0.3, -0.25) is 9.89 Å². The molecule has 1 aromatic heterocycles. The van der Waals surface area contributed by atoms with Gasteiger partial charge in [0.25, 0.3) is 0 Å². The third kappa shape index (κ3) is 3.21. The fourth-order valence-corrected chi connectivity index (χ4v) is 4.30. The SMILES string of the molecule is O=C(C1CCCc2[nH]ncc21)N1CCC(C(O)c2ccccc2)CC1. The lowest BCUT2D eigenvalue weighted by atomic mass is 9.84. The number of piperidine rings is 1. The van der Waals surface area contributed by atoms with Crippen molar-refractivity contribution in [2.45, 2.75) is 44.1 Å². The van der Waals surface area contributed by atoms with Crippen molar-refractivity contribution in [2.24, 2.45) is 5.92 Å². The summed E-state index contributed by atoms with van der Waals surface area (Å²) in [5, 5.41) is 17.8. The van der Waals surface area contributed by atoms with E-state index in [-0.39, 0.29) is 17.7 Å². The first-order valence-electron chi connectivity index (χ1n) is 9.28. The number of likely N-dealkylation sites (tertiary alicyclic amines) is 1. The number of H-pyrrole nitrogens is 1. The second-order valence-corrected chi connectivity index (χ2v) is 7.27. The summed E-state index contributed by atoms with van der Waals surface area (Å²) in [7, 11) is 0. The fourth-order valence-electron chi connectivity index (χ4n) is 4.30. The lowest BCUT2D eigenvalue weighted by Crippen LogP contribution is -2.42. The van der Waals surface area contributed by atoms with Crippen LogP contribution in [0.2, 0.25) is 0 Å². The molecule has 2 atom stereocenters. The molecule has 0 bridgehead atoms. The van der Waals surface area contributed by atoms with E-state index in [1.54, 1.807) is 0 Å². The molecule has 2 aromatic rings. The number of amides is 1. The smallest absolute Gasteiger partial charge is 0.230 e. The van der Waals surface area contributed by atoms with Gasteiger partial charge in [0.15, 0.2) is 0 Å². The second kappa shape index (κ2) is 7.00. The molecule has 0 spiro atoms. The summed E-state index contributed by atoms with van der Waals surface area (Å²) in [6.45, 7) is 1.47. The maximum absolute atomic E-state index is 13.0. The van der Waals surface area contributed by atoms with Crippen molar-refractivity contribution >= 4 is 5.91 Å². The van der Waals surface area contributed by atoms with Gasteiger partial charge in [0.1, 0.15) is 0 Å². The van der Waals surface area contributed by atoms with E-state index in [1.807, 2.05) is 41.4 Å². The summed E-state index contributed by atoms with van der Waals surface area (Å²) in [4.78, 5) is 15.0. The standard InChI is InChI=1S/C20H25N3O2/c24-19(14-5-2-1-3-6-14)15-9-11-23(12-10-15)20(25)16-7-4-8-18-17(16)13-21-22-18/h1-3,5-6,13,15-16,19,24H,4,7-12H2,(H,21,22). The summed E-state index contributed by atoms with van der Waals surface area (Å²) in [5.74, 6) is 0.412. The summed E-state index contributed by atoms with van der Waals surface area (Å²) in [6.07, 6.45) is 6.04. The minimum atomic E-state index is -0.436. The molecule has 4 rings (SSSR count). The van der Waals surface area contributed by atoms with Crippen LogP contribution in [0.15, 0.2) is 36.5 Å². The molecule has 1 fully saturated rings. The molecule has 1 saturated heterocycles. The van der Waals surface area contributed by atoms with Crippen LogP contribution in [-0.4, -0.2) is 39.2 Å². The molecule has 0 radical (unpaired) electrons. The Bertz CT molecular complexity index is 720. The Morgan fingerprint density at radius 1 is 1.20 bits per heavy atom. The van der Waals surface area contributed by atoms with E-state index in [0.717, 1.165) is 62.0 Å². The predicted molar refractivity (Wildman–Crippen MR) is 95.0 cm³/mol. The number of aliphatic hydroxyl groups excluding tert-OH is 1. The number of aromatic amines is 1. The van der Waals surface area contributed by atoms with Gasteiger partial charge in [-0.15, -0.1) is 0 Å². The third-order valence-electron chi connectivity index (χ3n) is 5.78. The highest BCUT2D eigenvalue weighted by atomic mass is 16.3. The van der Waals surface area contributed by atoms with Crippen LogP contribution < -0.4 is 0 Å². The van der Waals surface area contributed by atoms with E-state index in [9.17, 15) is 9.90 Å². The van der Waals surface area contributed by atoms with Crippen molar-refractivity contribution in [2.75, 3.05) is 13.1 Å². The first-order chi connectivity index (χ1) is 12.2. The number of hydrogen-bond acceptors (Lipinski definition) is 3. The highest BCUT2D eigenvalue weighted by Gasteiger charge is 2.34. The number of aliphatic hydroxyl groups is 1. The van der Waals surface area contributed by atoms with Gasteiger partial charge in [0, 0.05) is 24.3 Å². The zero-order valence-electron chi connectivity index (χ0n) is 14.4. The van der Waals surface area contributed by atoms with Gasteiger partial charge in [-0.05, 0) is 43.6 Å². The van der Waals surface area contributed by atoms with Crippen LogP contribution in [0.5, 0.6) is 0 Å². The van der Waals surface area contributed by atoms with Gasteiger partial charge < -0.3 is 10.0 Å². The zero-order valence-corrected chi connectivity index (χ0v) is 14.4. The number of aryl methyl sites for hydroxylation is 1. The van der Waals surface area contributed by atoms with Crippen molar-refractivity contribution < 1.29 is 9.90 Å². The Hall–Kier alpha value is -2.14. The average molecular weight is 339 g/mol. The van der Waals surface area contributed by atoms with Crippen LogP contribution in [-0.2, 0) is 11.2 Å². The highest BCUT2D eigenvalue weighted by Crippen LogP contribution is 2.35. The normalized spacial score (nSPS) is 22.4. The number of carbonyl (C=O) groups is 1. The van der Waals surface area contributed by atoms with Crippen molar-refractivity contribution in [1.82, 2.24) is 15.1 Å². The Morgan fingerprint density at radius 3 is 2.72 bits per heavy atom. The maximum Gasteiger partial charge on any atom is 0.230 e. The lowest BCUT2D eigenvalue weighted by Gasteiger charge is -2.36. The van der Waals surface area contributed by atoms with Crippen molar-refractivity contribution in [3.8, 4) is 0 Å². The first-order valence-corrected chi connectivity index (χ1v) is 9.28. The van der Waals surface area contributed by atoms with Gasteiger partial charge in [-0.25, -0.2) is 0 Å². The molecule has 2 unspecified atom stereocenters. The van der Waals surface area contributed by atoms with Crippen LogP contribution in [0.1, 0.15) is 54.5 Å². The average Bonchev–Trinajstić information content (AvgIpc) is 3.16. The number of hydrogen-bond donors (Lipinski definition) is 2. The molecule has 0 saturated carbocycles. The van der Waals surface area contributed by atoms with E-state index in [0.29, 0.717) is 0 Å². The lowest BCUT2D eigenvalue weighted by molar-refractivity contribution is -0.135. The third-order valence-corrected chi connectivity index (χ3v) is 5.78. The molecule has 5 heteroatoms. The van der Waals surface area contributed by atoms with Crippen LogP contribution in [0.3, 0.4) is 0 Å². The van der Waals surface area contributed by atoms with E-state index in [4.69, 9.17) is 0 Å². The van der Waals surface area contributed by atoms with Crippen molar-refractivity contribution in [3.63, 3.8) is 0 Å². The summed E-state index contributed by atoms with van der Waals surface area (Å²) in [6, 6.07) is 9.84. The molecule has 1 aliphatic heterocycles. The van der Waals surface area contributed by atoms with E-state index in [1.165, 1.54) is 0 Å². The number of fused-ring (bicyclic) bond motifs is 1. The van der Waals surface area contributed by atoms with Gasteiger partial charge in [0.05, 0.1) is 18.2 Å². The number of carbonyl (C=O) groups excluding carboxylic acids is 1. The quantitative estimate of drug-likeness (QED) is 0.903. The van der Waals surface area contributed by atoms with E-state index >= 15 is 0 Å². The molecule has 132 valence electrons. The fraction of sp³-hybridized carbons (Fsp3) is 0.500. The minimum Gasteiger partial charge on any atom is -0.388 e. The molecule has 2 heterocycles. The molecule has 5 nitrogen and oxygen atoms in total. The Morgan fingerprint density at radius 2 is 1.96 bits per heavy atom. The first kappa shape index (κ1) is 16.3. The Balaban J connectivity index is 1.39. The van der Waals surface area contributed by atoms with Gasteiger partial charge in [-0.1, -0.05) is 30.3 Å². The largest absolute Gasteiger partial charge is 0.388 e. The van der Waals surface area contributed by atoms with Crippen LogP contribution in [0.25, 0.3) is 0 Å². The Labute approximate surface area is 148 Å². The number of rotatable bonds is 3. The molecule has 1 aromatic carbocycles. The topological polar surface area (TPSA) is 69.2 Å². The van der Waals surface area contributed by atoms with E-state index in [2.05, 4.69) is 10.2 Å². The maximum atomic E-state index is 13.0. The predicted octanol–water partition coefficient (Wildman–Crippen LogP) is 2.80. The number of benzene rings is 1. The van der Waals surface area contributed by atoms with Crippen LogP contribution in [0, 0.1) is 5.92 Å². The van der Waals surface area contributed by atoms with Gasteiger partial charge >= 0.3 is 0 Å². The minimum absolute atomic E-state index is 0.0434. The van der Waals surface area contributed by atoms with Gasteiger partial charge in [-0.2, -0.15) is 5.10 Å². The summed E-state index contributed by atoms with van der Waals surface area (Å²) in [5.41, 5.74) is 3.18. The molecule has 1 amide bonds. The number of nitrogens with zero attached hydrogens (tertiary/aromatic N) is 2. The number of aromatic nitrogens is 2. The number of nitrogens with one attached hydrogen (secondary N) is 1. The monoisotopic (exact) mass is 339 g/mol. The highest BCUT2D eigenvalue weighted by molar-refractivity contribution is 5.84. The van der Waals surface area contributed by atoms with Crippen molar-refractivity contribution in [1.29, 1.82) is 0 Å². The summed E-state index contributed by atoms with van der Waals surface area (Å²) < 4.78 is 0. The van der Waals surface area contributed by atoms with Gasteiger partial charge in [0.2, 0.25) is 5.91 Å². The van der Waals surface area contributed by atoms with E-state index < -0.39 is 6.10 Å². The molecule has 1 aliphatic carbocycles. The molecule has 2 aliphatic rings. The molecular weight excluding hydrogens is 314 g/mol. The molecular formula is C20H25N3O2. The van der Waals surface area contributed by atoms with Crippen LogP contribution >= 0.6 is 0 Å². The van der Waals surface area contributed by atoms with Crippen molar-refractivity contribution in [3.05, 3.63) is 53.3 Å². The molecule has 2 N–H and O–H groups in total. The second-order valence-electron chi connectivity index (χ2n) is 7.27. The zero-order chi connectivity index (χ0) is 17.2. The molecule has 25 heavy (non-hydrogen) atoms. The Kier molecular flexibility index (Phi) is 4.57.